The lowest BCUT2D eigenvalue weighted by molar-refractivity contribution is -0.137. The Bertz CT molecular complexity index is 267. The first-order chi connectivity index (χ1) is 8.68. The molecule has 18 heavy (non-hydrogen) atoms. The van der Waals surface area contributed by atoms with Crippen LogP contribution in [0.25, 0.3) is 0 Å². The molecule has 4 N–H and O–H groups in total. The third kappa shape index (κ3) is 8.81. The van der Waals surface area contributed by atoms with Crippen molar-refractivity contribution in [2.24, 2.45) is 0 Å². The molecule has 6 heteroatoms. The van der Waals surface area contributed by atoms with E-state index in [-0.39, 0.29) is 12.5 Å². The molecule has 0 radical (unpaired) electrons. The lowest BCUT2D eigenvalue weighted by Crippen LogP contribution is -2.37. The predicted octanol–water partition coefficient (Wildman–Crippen LogP) is 0.683. The third-order valence-corrected chi connectivity index (χ3v) is 2.75. The second kappa shape index (κ2) is 8.74. The van der Waals surface area contributed by atoms with Crippen LogP contribution >= 0.6 is 0 Å². The molecule has 1 saturated carbocycles. The first-order valence-electron chi connectivity index (χ1n) is 6.65. The Morgan fingerprint density at radius 2 is 1.67 bits per heavy atom. The van der Waals surface area contributed by atoms with E-state index in [2.05, 4.69) is 16.0 Å². The minimum absolute atomic E-state index is 0.163. The van der Waals surface area contributed by atoms with Gasteiger partial charge in [-0.3, -0.25) is 4.79 Å². The molecule has 104 valence electrons. The zero-order chi connectivity index (χ0) is 13.2. The Morgan fingerprint density at radius 1 is 1.00 bits per heavy atom. The molecule has 0 heterocycles. The molecule has 0 unspecified atom stereocenters. The number of urea groups is 1. The van der Waals surface area contributed by atoms with E-state index in [0.29, 0.717) is 32.0 Å². The zero-order valence-electron chi connectivity index (χ0n) is 10.7. The van der Waals surface area contributed by atoms with Gasteiger partial charge in [0.15, 0.2) is 0 Å². The van der Waals surface area contributed by atoms with Gasteiger partial charge in [0.2, 0.25) is 0 Å². The van der Waals surface area contributed by atoms with E-state index >= 15 is 0 Å². The lowest BCUT2D eigenvalue weighted by atomic mass is 10.2. The lowest BCUT2D eigenvalue weighted by Gasteiger charge is -2.07. The summed E-state index contributed by atoms with van der Waals surface area (Å²) in [5.41, 5.74) is 0. The number of carboxylic acids is 1. The summed E-state index contributed by atoms with van der Waals surface area (Å²) in [5.74, 6) is -0.789. The Morgan fingerprint density at radius 3 is 2.28 bits per heavy atom. The number of unbranched alkanes of at least 4 members (excludes halogenated alkanes) is 1. The summed E-state index contributed by atoms with van der Waals surface area (Å²) >= 11 is 0. The summed E-state index contributed by atoms with van der Waals surface area (Å²) < 4.78 is 0. The smallest absolute Gasteiger partial charge is 0.314 e. The van der Waals surface area contributed by atoms with Crippen molar-refractivity contribution in [3.8, 4) is 0 Å². The maximum absolute atomic E-state index is 11.3. The summed E-state index contributed by atoms with van der Waals surface area (Å²) in [5, 5.41) is 17.3. The number of carbonyl (C=O) groups excluding carboxylic acids is 1. The van der Waals surface area contributed by atoms with Gasteiger partial charge in [0.1, 0.15) is 0 Å². The van der Waals surface area contributed by atoms with Crippen LogP contribution in [0.15, 0.2) is 0 Å². The topological polar surface area (TPSA) is 90.5 Å². The van der Waals surface area contributed by atoms with Crippen LogP contribution in [0.4, 0.5) is 4.79 Å². The average molecular weight is 257 g/mol. The molecule has 1 aliphatic rings. The standard InChI is InChI=1S/C12H23N3O3/c16-11(17)4-1-2-7-14-12(18)15-9-3-8-13-10-5-6-10/h10,13H,1-9H2,(H,16,17)(H2,14,15,18). The van der Waals surface area contributed by atoms with E-state index in [0.717, 1.165) is 13.0 Å². The van der Waals surface area contributed by atoms with Crippen LogP contribution in [0, 0.1) is 0 Å². The average Bonchev–Trinajstić information content (AvgIpc) is 3.11. The van der Waals surface area contributed by atoms with Gasteiger partial charge in [-0.2, -0.15) is 0 Å². The van der Waals surface area contributed by atoms with E-state index in [1.54, 1.807) is 0 Å². The van der Waals surface area contributed by atoms with Crippen molar-refractivity contribution in [3.05, 3.63) is 0 Å². The minimum Gasteiger partial charge on any atom is -0.481 e. The van der Waals surface area contributed by atoms with Crippen molar-refractivity contribution in [1.82, 2.24) is 16.0 Å². The van der Waals surface area contributed by atoms with Gasteiger partial charge < -0.3 is 21.1 Å². The van der Waals surface area contributed by atoms with Crippen LogP contribution in [0.3, 0.4) is 0 Å². The summed E-state index contributed by atoms with van der Waals surface area (Å²) in [7, 11) is 0. The van der Waals surface area contributed by atoms with Crippen molar-refractivity contribution in [3.63, 3.8) is 0 Å². The fourth-order valence-corrected chi connectivity index (χ4v) is 1.55. The van der Waals surface area contributed by atoms with Crippen molar-refractivity contribution in [2.45, 2.75) is 44.6 Å². The predicted molar refractivity (Wildman–Crippen MR) is 68.5 cm³/mol. The second-order valence-electron chi connectivity index (χ2n) is 4.62. The molecule has 0 saturated heterocycles. The van der Waals surface area contributed by atoms with E-state index in [9.17, 15) is 9.59 Å². The minimum atomic E-state index is -0.789. The molecule has 2 amide bonds. The van der Waals surface area contributed by atoms with Crippen molar-refractivity contribution >= 4 is 12.0 Å². The monoisotopic (exact) mass is 257 g/mol. The summed E-state index contributed by atoms with van der Waals surface area (Å²) in [6.07, 6.45) is 4.96. The fourth-order valence-electron chi connectivity index (χ4n) is 1.55. The van der Waals surface area contributed by atoms with Crippen LogP contribution < -0.4 is 16.0 Å². The first kappa shape index (κ1) is 14.8. The summed E-state index contributed by atoms with van der Waals surface area (Å²) in [6, 6.07) is 0.546. The number of amides is 2. The second-order valence-corrected chi connectivity index (χ2v) is 4.62. The molecular formula is C12H23N3O3. The van der Waals surface area contributed by atoms with E-state index in [4.69, 9.17) is 5.11 Å². The first-order valence-corrected chi connectivity index (χ1v) is 6.65. The molecular weight excluding hydrogens is 234 g/mol. The number of hydrogen-bond acceptors (Lipinski definition) is 3. The van der Waals surface area contributed by atoms with Crippen LogP contribution in [0.1, 0.15) is 38.5 Å². The molecule has 6 nitrogen and oxygen atoms in total. The summed E-state index contributed by atoms with van der Waals surface area (Å²) in [4.78, 5) is 21.5. The fraction of sp³-hybridized carbons (Fsp3) is 0.833. The molecule has 1 rings (SSSR count). The Kier molecular flexibility index (Phi) is 7.17. The summed E-state index contributed by atoms with van der Waals surface area (Å²) in [6.45, 7) is 2.14. The number of aliphatic carboxylic acids is 1. The van der Waals surface area contributed by atoms with Gasteiger partial charge in [0, 0.05) is 25.6 Å². The zero-order valence-corrected chi connectivity index (χ0v) is 10.7. The molecule has 1 fully saturated rings. The Hall–Kier alpha value is -1.30. The SMILES string of the molecule is O=C(O)CCCCNC(=O)NCCCNC1CC1. The van der Waals surface area contributed by atoms with E-state index in [1.165, 1.54) is 12.8 Å². The molecule has 1 aliphatic carbocycles. The van der Waals surface area contributed by atoms with Gasteiger partial charge in [0.25, 0.3) is 0 Å². The van der Waals surface area contributed by atoms with Gasteiger partial charge >= 0.3 is 12.0 Å². The molecule has 0 atom stereocenters. The number of nitrogens with one attached hydrogen (secondary N) is 3. The molecule has 0 spiro atoms. The molecule has 0 aliphatic heterocycles. The third-order valence-electron chi connectivity index (χ3n) is 2.75. The van der Waals surface area contributed by atoms with E-state index < -0.39 is 5.97 Å². The highest BCUT2D eigenvalue weighted by atomic mass is 16.4. The quantitative estimate of drug-likeness (QED) is 0.433. The normalized spacial score (nSPS) is 14.2. The number of carboxylic acid groups (broad SMARTS) is 1. The Balaban J connectivity index is 1.79. The highest BCUT2D eigenvalue weighted by Crippen LogP contribution is 2.18. The molecule has 0 bridgehead atoms. The van der Waals surface area contributed by atoms with Crippen LogP contribution in [-0.4, -0.2) is 42.8 Å². The van der Waals surface area contributed by atoms with Crippen molar-refractivity contribution in [1.29, 1.82) is 0 Å². The van der Waals surface area contributed by atoms with Gasteiger partial charge in [-0.15, -0.1) is 0 Å². The highest BCUT2D eigenvalue weighted by Gasteiger charge is 2.19. The van der Waals surface area contributed by atoms with Crippen LogP contribution in [0.5, 0.6) is 0 Å². The number of carbonyl (C=O) groups is 2. The molecule has 0 aromatic heterocycles. The maximum Gasteiger partial charge on any atom is 0.314 e. The Labute approximate surface area is 108 Å². The van der Waals surface area contributed by atoms with Gasteiger partial charge in [-0.05, 0) is 38.6 Å². The highest BCUT2D eigenvalue weighted by molar-refractivity contribution is 5.73. The maximum atomic E-state index is 11.3. The number of rotatable bonds is 10. The van der Waals surface area contributed by atoms with Crippen molar-refractivity contribution < 1.29 is 14.7 Å². The van der Waals surface area contributed by atoms with Gasteiger partial charge in [0.05, 0.1) is 0 Å². The molecule has 0 aromatic rings. The van der Waals surface area contributed by atoms with Gasteiger partial charge in [-0.1, -0.05) is 0 Å². The van der Waals surface area contributed by atoms with Gasteiger partial charge in [-0.25, -0.2) is 4.79 Å². The van der Waals surface area contributed by atoms with E-state index in [1.807, 2.05) is 0 Å². The molecule has 0 aromatic carbocycles. The largest absolute Gasteiger partial charge is 0.481 e. The number of hydrogen-bond donors (Lipinski definition) is 4. The van der Waals surface area contributed by atoms with Crippen LogP contribution in [0.2, 0.25) is 0 Å². The van der Waals surface area contributed by atoms with Crippen LogP contribution in [-0.2, 0) is 4.79 Å². The van der Waals surface area contributed by atoms with Crippen molar-refractivity contribution in [2.75, 3.05) is 19.6 Å².